The molecule has 0 aliphatic heterocycles. The summed E-state index contributed by atoms with van der Waals surface area (Å²) >= 11 is 2.05. The van der Waals surface area contributed by atoms with E-state index in [0.717, 1.165) is 31.1 Å². The summed E-state index contributed by atoms with van der Waals surface area (Å²) in [5.41, 5.74) is 28.0. The van der Waals surface area contributed by atoms with Gasteiger partial charge in [-0.05, 0) is 317 Å². The predicted octanol–water partition coefficient (Wildman–Crippen LogP) is 40.8. The van der Waals surface area contributed by atoms with E-state index in [1.807, 2.05) is 11.8 Å². The molecule has 147 heavy (non-hydrogen) atoms. The molecule has 6 fully saturated rings. The number of rotatable bonds is 25. The topological polar surface area (TPSA) is 9.23 Å². The summed E-state index contributed by atoms with van der Waals surface area (Å²) in [5, 5.41) is 0. The van der Waals surface area contributed by atoms with Crippen LogP contribution in [0, 0.1) is 80.0 Å². The number of hydrogen-bond donors (Lipinski definition) is 0. The van der Waals surface area contributed by atoms with Crippen LogP contribution in [-0.4, -0.2) is 12.4 Å². The highest BCUT2D eigenvalue weighted by Crippen LogP contribution is 2.66. The van der Waals surface area contributed by atoms with Crippen LogP contribution in [0.5, 0.6) is 5.75 Å². The van der Waals surface area contributed by atoms with Crippen LogP contribution in [0.3, 0.4) is 0 Å². The summed E-state index contributed by atoms with van der Waals surface area (Å²) in [6.07, 6.45) is 37.1. The Morgan fingerprint density at radius 1 is 0.286 bits per heavy atom. The molecule has 6 saturated carbocycles. The fraction of sp³-hybridized carbons (Fsp3) is 0.462. The molecule has 0 aromatic heterocycles. The Balaban J connectivity index is 0.000000140. The first-order valence-corrected chi connectivity index (χ1v) is 58.3. The zero-order valence-electron chi connectivity index (χ0n) is 95.2. The number of fused-ring (bicyclic) bond motifs is 1. The van der Waals surface area contributed by atoms with Gasteiger partial charge in [-0.1, -0.05) is 527 Å². The number of hydrogen-bond acceptors (Lipinski definition) is 2. The Morgan fingerprint density at radius 3 is 1.07 bits per heavy atom. The highest BCUT2D eigenvalue weighted by atomic mass is 32.2. The van der Waals surface area contributed by atoms with Crippen molar-refractivity contribution in [3.05, 3.63) is 452 Å². The molecule has 0 bridgehead atoms. The van der Waals surface area contributed by atoms with Crippen molar-refractivity contribution in [2.75, 3.05) is 12.4 Å². The second-order valence-corrected chi connectivity index (χ2v) is 51.4. The zero-order chi connectivity index (χ0) is 105. The van der Waals surface area contributed by atoms with Gasteiger partial charge in [0, 0.05) is 32.3 Å². The van der Waals surface area contributed by atoms with Crippen molar-refractivity contribution < 1.29 is 4.74 Å². The first-order valence-electron chi connectivity index (χ1n) is 57.3. The van der Waals surface area contributed by atoms with Gasteiger partial charge in [0.05, 0.1) is 6.61 Å². The molecule has 6 aliphatic rings. The molecule has 0 radical (unpaired) electrons. The van der Waals surface area contributed by atoms with E-state index in [1.165, 1.54) is 267 Å². The number of thioether (sulfide) groups is 1. The van der Waals surface area contributed by atoms with E-state index < -0.39 is 0 Å². The molecular weight excluding hydrogens is 1790 g/mol. The molecular formula is C145H186OS. The van der Waals surface area contributed by atoms with Crippen LogP contribution >= 0.6 is 11.8 Å². The summed E-state index contributed by atoms with van der Waals surface area (Å²) in [4.78, 5) is 1.44. The molecule has 2 heteroatoms. The summed E-state index contributed by atoms with van der Waals surface area (Å²) in [6, 6.07) is 131. The lowest BCUT2D eigenvalue weighted by Crippen LogP contribution is -2.54. The van der Waals surface area contributed by atoms with Gasteiger partial charge < -0.3 is 4.74 Å². The third kappa shape index (κ3) is 24.8. The van der Waals surface area contributed by atoms with Crippen molar-refractivity contribution in [1.29, 1.82) is 0 Å². The average Bonchev–Trinajstić information content (AvgIpc) is 0.699. The maximum Gasteiger partial charge on any atom is 0.122 e. The summed E-state index contributed by atoms with van der Waals surface area (Å²) in [7, 11) is 0. The van der Waals surface area contributed by atoms with Crippen LogP contribution in [0.2, 0.25) is 0 Å². The molecule has 12 atom stereocenters. The lowest BCUT2D eigenvalue weighted by Gasteiger charge is -2.61. The van der Waals surface area contributed by atoms with Crippen molar-refractivity contribution in [1.82, 2.24) is 0 Å². The highest BCUT2D eigenvalue weighted by Gasteiger charge is 2.58. The standard InChI is InChI=1S/C31H32.C25H34.C23H30.C22H28O.C22H28S.C22H34/c1-25-15-13-14-16-26(25)23-24-30(2,27-17-7-4-8-18-27)31(3,28-19-9-5-10-20-28)29-21-11-6-12-22-29;1-20-13-9-10-16-22(20)23(2,3)19-24(4)17-11-12-18-25(24,5)21-14-7-6-8-15-21;1-19-11-7-8-12-20(19)15-18-22(2)16-9-10-17-23(22,3)21-13-5-4-6-14-21;2*1-18-11-7-8-14-20(18)23-17-21(2)15-9-10-16-22(21,3)19-12-5-4-6-13-19;1-17-11-6-7-12-18(17)20(2,3)19-13-10-15-21(4)14-8-9-16-22(19,21)5/h4-22H,23-24H2,1-3H3;6-10,13-16H,11-12,17-19H2,1-5H3;4-8,11-14H,9-10,15-18H2,1-3H3;2*4-8,11-14H,9-10,15-17H2,1-3H3;6-7,11-12,19H,8-10,13-16H2,1-5H3/t30-;24-,25+;22-,23+;2*21-,22+;19?,21-,22+/m100001/s1. The highest BCUT2D eigenvalue weighted by molar-refractivity contribution is 7.99. The van der Waals surface area contributed by atoms with Gasteiger partial charge >= 0.3 is 0 Å². The number of ether oxygens (including phenoxy) is 1. The molecule has 1 nitrogen and oxygen atoms in total. The second-order valence-electron chi connectivity index (χ2n) is 50.4. The Labute approximate surface area is 899 Å². The molecule has 1 unspecified atom stereocenters. The molecule has 13 aromatic carbocycles. The van der Waals surface area contributed by atoms with Gasteiger partial charge in [0.15, 0.2) is 0 Å². The van der Waals surface area contributed by atoms with Gasteiger partial charge in [0.1, 0.15) is 5.75 Å². The van der Waals surface area contributed by atoms with Crippen molar-refractivity contribution in [3.8, 4) is 5.75 Å². The first kappa shape index (κ1) is 113. The minimum Gasteiger partial charge on any atom is -0.493 e. The Hall–Kier alpha value is -9.99. The maximum atomic E-state index is 6.30. The lowest BCUT2D eigenvalue weighted by molar-refractivity contribution is -0.0983. The molecule has 0 heterocycles. The normalized spacial score (nSPS) is 25.9. The summed E-state index contributed by atoms with van der Waals surface area (Å²) < 4.78 is 6.30. The van der Waals surface area contributed by atoms with Crippen LogP contribution in [0.1, 0.15) is 372 Å². The van der Waals surface area contributed by atoms with Gasteiger partial charge in [-0.25, -0.2) is 0 Å². The number of para-hydroxylation sites is 1. The Kier molecular flexibility index (Phi) is 37.5. The van der Waals surface area contributed by atoms with Gasteiger partial charge in [-0.2, -0.15) is 0 Å². The Bertz CT molecular complexity index is 5920. The first-order chi connectivity index (χ1) is 70.3. The van der Waals surface area contributed by atoms with Gasteiger partial charge in [0.2, 0.25) is 0 Å². The van der Waals surface area contributed by atoms with Crippen LogP contribution in [0.25, 0.3) is 0 Å². The quantitative estimate of drug-likeness (QED) is 0.0528. The van der Waals surface area contributed by atoms with E-state index in [1.54, 1.807) is 5.56 Å². The lowest BCUT2D eigenvalue weighted by atomic mass is 9.43. The number of aryl methyl sites for hydroxylation is 8. The zero-order valence-corrected chi connectivity index (χ0v) is 96.0. The Morgan fingerprint density at radius 2 is 0.619 bits per heavy atom. The fourth-order valence-electron chi connectivity index (χ4n) is 29.6. The second kappa shape index (κ2) is 49.0. The minimum absolute atomic E-state index is 0.0980. The van der Waals surface area contributed by atoms with E-state index in [2.05, 4.69) is 510 Å². The van der Waals surface area contributed by atoms with Crippen LogP contribution in [0.15, 0.2) is 363 Å². The maximum absolute atomic E-state index is 6.30. The van der Waals surface area contributed by atoms with E-state index in [4.69, 9.17) is 4.74 Å². The fourth-order valence-corrected chi connectivity index (χ4v) is 31.0. The summed E-state index contributed by atoms with van der Waals surface area (Å²) in [6.45, 7) is 54.2. The molecule has 0 N–H and O–H groups in total. The average molecular weight is 1980 g/mol. The van der Waals surface area contributed by atoms with E-state index in [9.17, 15) is 0 Å². The van der Waals surface area contributed by atoms with Gasteiger partial charge in [0.25, 0.3) is 0 Å². The van der Waals surface area contributed by atoms with Gasteiger partial charge in [-0.3, -0.25) is 0 Å². The van der Waals surface area contributed by atoms with E-state index >= 15 is 0 Å². The SMILES string of the molecule is Cc1ccccc1C(C)(C)C1CCC[C@@]2(C)CCCC[C@@]12C.Cc1ccccc1C(C)(C)C[C@]1(C)CCCC[C@]1(C)c1ccccc1.Cc1ccccc1CC[C@](C)(c1ccccc1)C(C)(c1ccccc1)c1ccccc1.Cc1ccccc1CC[C@]1(C)CCCC[C@]1(C)c1ccccc1.Cc1ccccc1OC[C@]1(C)CCCC[C@]1(C)c1ccccc1.Cc1ccccc1SC[C@]1(C)CCCC[C@]1(C)c1ccccc1. The molecule has 778 valence electrons. The van der Waals surface area contributed by atoms with Crippen molar-refractivity contribution in [2.45, 2.75) is 380 Å². The molecule has 13 aromatic rings. The molecule has 19 rings (SSSR count). The van der Waals surface area contributed by atoms with Crippen molar-refractivity contribution >= 4 is 11.8 Å². The van der Waals surface area contributed by atoms with Crippen LogP contribution in [-0.2, 0) is 56.2 Å². The predicted molar refractivity (Wildman–Crippen MR) is 637 cm³/mol. The van der Waals surface area contributed by atoms with E-state index in [-0.39, 0.29) is 43.3 Å². The minimum atomic E-state index is -0.181. The van der Waals surface area contributed by atoms with E-state index in [0.29, 0.717) is 32.5 Å². The monoisotopic (exact) mass is 1980 g/mol. The molecule has 6 aliphatic carbocycles. The molecule has 0 spiro atoms. The van der Waals surface area contributed by atoms with Crippen molar-refractivity contribution in [3.63, 3.8) is 0 Å². The van der Waals surface area contributed by atoms with Crippen molar-refractivity contribution in [2.24, 2.45) is 38.4 Å². The van der Waals surface area contributed by atoms with Crippen LogP contribution in [0.4, 0.5) is 0 Å². The van der Waals surface area contributed by atoms with Crippen LogP contribution < -0.4 is 4.74 Å². The third-order valence-corrected chi connectivity index (χ3v) is 42.5. The molecule has 0 saturated heterocycles. The molecule has 0 amide bonds. The summed E-state index contributed by atoms with van der Waals surface area (Å²) in [5.74, 6) is 3.03. The van der Waals surface area contributed by atoms with Gasteiger partial charge in [-0.15, -0.1) is 11.8 Å². The smallest absolute Gasteiger partial charge is 0.122 e. The largest absolute Gasteiger partial charge is 0.493 e. The number of benzene rings is 13. The third-order valence-electron chi connectivity index (χ3n) is 40.9.